The molecule has 4 aromatic rings. The summed E-state index contributed by atoms with van der Waals surface area (Å²) < 4.78 is 21.3. The van der Waals surface area contributed by atoms with E-state index in [0.717, 1.165) is 0 Å². The molecule has 44 heavy (non-hydrogen) atoms. The fourth-order valence-electron chi connectivity index (χ4n) is 4.19. The van der Waals surface area contributed by atoms with Crippen molar-refractivity contribution in [3.63, 3.8) is 0 Å². The average molecular weight is 593 g/mol. The zero-order valence-electron chi connectivity index (χ0n) is 24.8. The van der Waals surface area contributed by atoms with Crippen LogP contribution in [-0.2, 0) is 4.79 Å². The molecule has 0 saturated heterocycles. The van der Waals surface area contributed by atoms with Crippen molar-refractivity contribution in [3.8, 4) is 23.0 Å². The lowest BCUT2D eigenvalue weighted by molar-refractivity contribution is -0.113. The highest BCUT2D eigenvalue weighted by atomic mass is 16.5. The Labute approximate surface area is 255 Å². The van der Waals surface area contributed by atoms with Gasteiger partial charge in [0.25, 0.3) is 11.8 Å². The normalized spacial score (nSPS) is 11.0. The maximum Gasteiger partial charge on any atom is 0.272 e. The van der Waals surface area contributed by atoms with Crippen LogP contribution in [0.15, 0.2) is 103 Å². The number of carbonyl (C=O) groups is 3. The Balaban J connectivity index is 1.50. The summed E-state index contributed by atoms with van der Waals surface area (Å²) in [5.41, 5.74) is 2.67. The molecular formula is C35H32N2O7. The predicted molar refractivity (Wildman–Crippen MR) is 169 cm³/mol. The fourth-order valence-corrected chi connectivity index (χ4v) is 4.19. The van der Waals surface area contributed by atoms with Crippen LogP contribution in [0, 0.1) is 0 Å². The summed E-state index contributed by atoms with van der Waals surface area (Å²) in [4.78, 5) is 39.1. The summed E-state index contributed by atoms with van der Waals surface area (Å²) in [7, 11) is 6.12. The van der Waals surface area contributed by atoms with E-state index in [1.54, 1.807) is 110 Å². The van der Waals surface area contributed by atoms with E-state index >= 15 is 0 Å². The Kier molecular flexibility index (Phi) is 10.5. The molecule has 0 heterocycles. The number of ether oxygens (including phenoxy) is 4. The highest BCUT2D eigenvalue weighted by Gasteiger charge is 2.16. The quantitative estimate of drug-likeness (QED) is 0.153. The van der Waals surface area contributed by atoms with E-state index in [2.05, 4.69) is 10.6 Å². The number of hydrogen-bond donors (Lipinski definition) is 2. The number of benzene rings is 4. The minimum atomic E-state index is -0.536. The van der Waals surface area contributed by atoms with Crippen LogP contribution in [0.4, 0.5) is 5.69 Å². The Morgan fingerprint density at radius 1 is 0.659 bits per heavy atom. The van der Waals surface area contributed by atoms with Gasteiger partial charge in [0.1, 0.15) is 11.4 Å². The van der Waals surface area contributed by atoms with Crippen LogP contribution in [0.5, 0.6) is 23.0 Å². The standard InChI is InChI=1S/C35H32N2O7/c1-41-28-17-10-23(11-18-28)20-29(37-34(39)26-8-6-5-7-9-26)35(40)36-27-15-13-25(14-16-27)30(38)19-12-24-21-31(42-2)33(44-4)32(22-24)43-3/h5-22H,1-4H3,(H,36,40)(H,37,39)/b19-12+,29-20-. The van der Waals surface area contributed by atoms with Crippen LogP contribution < -0.4 is 29.6 Å². The van der Waals surface area contributed by atoms with Crippen molar-refractivity contribution in [2.24, 2.45) is 0 Å². The molecule has 9 heteroatoms. The Morgan fingerprint density at radius 3 is 1.86 bits per heavy atom. The second kappa shape index (κ2) is 14.9. The minimum absolute atomic E-state index is 0.0393. The Hall–Kier alpha value is -5.83. The first kappa shape index (κ1) is 31.1. The van der Waals surface area contributed by atoms with Crippen molar-refractivity contribution in [2.75, 3.05) is 33.8 Å². The van der Waals surface area contributed by atoms with Crippen molar-refractivity contribution in [3.05, 3.63) is 125 Å². The number of carbonyl (C=O) groups excluding carboxylic acids is 3. The van der Waals surface area contributed by atoms with E-state index in [-0.39, 0.29) is 11.5 Å². The van der Waals surface area contributed by atoms with Gasteiger partial charge in [0.2, 0.25) is 5.75 Å². The van der Waals surface area contributed by atoms with Crippen LogP contribution in [-0.4, -0.2) is 46.0 Å². The SMILES string of the molecule is COc1ccc(/C=C(\NC(=O)c2ccccc2)C(=O)Nc2ccc(C(=O)/C=C/c3cc(OC)c(OC)c(OC)c3)cc2)cc1. The number of allylic oxidation sites excluding steroid dienone is 1. The first-order valence-electron chi connectivity index (χ1n) is 13.5. The fraction of sp³-hybridized carbons (Fsp3) is 0.114. The first-order chi connectivity index (χ1) is 21.3. The molecule has 0 radical (unpaired) electrons. The highest BCUT2D eigenvalue weighted by Crippen LogP contribution is 2.38. The van der Waals surface area contributed by atoms with Gasteiger partial charge in [-0.1, -0.05) is 36.4 Å². The summed E-state index contributed by atoms with van der Waals surface area (Å²) in [5, 5.41) is 5.49. The second-order valence-electron chi connectivity index (χ2n) is 9.34. The lowest BCUT2D eigenvalue weighted by atomic mass is 10.1. The molecule has 4 rings (SSSR count). The second-order valence-corrected chi connectivity index (χ2v) is 9.34. The molecule has 0 aliphatic carbocycles. The third-order valence-corrected chi connectivity index (χ3v) is 6.50. The number of anilines is 1. The topological polar surface area (TPSA) is 112 Å². The minimum Gasteiger partial charge on any atom is -0.497 e. The first-order valence-corrected chi connectivity index (χ1v) is 13.5. The maximum atomic E-state index is 13.3. The third-order valence-electron chi connectivity index (χ3n) is 6.50. The van der Waals surface area contributed by atoms with E-state index in [0.29, 0.717) is 50.9 Å². The van der Waals surface area contributed by atoms with E-state index in [4.69, 9.17) is 18.9 Å². The van der Waals surface area contributed by atoms with Crippen LogP contribution in [0.3, 0.4) is 0 Å². The van der Waals surface area contributed by atoms with Crippen molar-refractivity contribution in [2.45, 2.75) is 0 Å². The van der Waals surface area contributed by atoms with Gasteiger partial charge in [-0.3, -0.25) is 14.4 Å². The molecule has 224 valence electrons. The van der Waals surface area contributed by atoms with Gasteiger partial charge >= 0.3 is 0 Å². The van der Waals surface area contributed by atoms with Crippen LogP contribution >= 0.6 is 0 Å². The molecule has 0 spiro atoms. The van der Waals surface area contributed by atoms with Gasteiger partial charge in [-0.15, -0.1) is 0 Å². The molecule has 0 saturated carbocycles. The van der Waals surface area contributed by atoms with Crippen LogP contribution in [0.1, 0.15) is 31.8 Å². The number of hydrogen-bond acceptors (Lipinski definition) is 7. The van der Waals surface area contributed by atoms with Gasteiger partial charge in [0.05, 0.1) is 28.4 Å². The number of rotatable bonds is 12. The zero-order chi connectivity index (χ0) is 31.5. The summed E-state index contributed by atoms with van der Waals surface area (Å²) in [6.07, 6.45) is 4.65. The Bertz CT molecular complexity index is 1650. The molecule has 0 bridgehead atoms. The number of ketones is 1. The average Bonchev–Trinajstić information content (AvgIpc) is 3.07. The summed E-state index contributed by atoms with van der Waals surface area (Å²) in [6, 6.07) is 25.6. The Morgan fingerprint density at radius 2 is 1.30 bits per heavy atom. The molecule has 0 aromatic heterocycles. The van der Waals surface area contributed by atoms with Crippen molar-refractivity contribution in [1.82, 2.24) is 5.32 Å². The maximum absolute atomic E-state index is 13.3. The highest BCUT2D eigenvalue weighted by molar-refractivity contribution is 6.11. The zero-order valence-corrected chi connectivity index (χ0v) is 24.8. The molecule has 9 nitrogen and oxygen atoms in total. The van der Waals surface area contributed by atoms with Crippen molar-refractivity contribution < 1.29 is 33.3 Å². The number of methoxy groups -OCH3 is 4. The molecule has 0 fully saturated rings. The molecular weight excluding hydrogens is 560 g/mol. The summed E-state index contributed by atoms with van der Waals surface area (Å²) in [5.74, 6) is 0.852. The smallest absolute Gasteiger partial charge is 0.272 e. The van der Waals surface area contributed by atoms with Gasteiger partial charge in [0.15, 0.2) is 17.3 Å². The number of nitrogens with one attached hydrogen (secondary N) is 2. The van der Waals surface area contributed by atoms with Gasteiger partial charge < -0.3 is 29.6 Å². The van der Waals surface area contributed by atoms with Crippen LogP contribution in [0.25, 0.3) is 12.2 Å². The molecule has 0 unspecified atom stereocenters. The summed E-state index contributed by atoms with van der Waals surface area (Å²) >= 11 is 0. The largest absolute Gasteiger partial charge is 0.497 e. The van der Waals surface area contributed by atoms with Crippen LogP contribution in [0.2, 0.25) is 0 Å². The molecule has 2 N–H and O–H groups in total. The molecule has 0 atom stereocenters. The van der Waals surface area contributed by atoms with Gasteiger partial charge in [-0.05, 0) is 83.9 Å². The van der Waals surface area contributed by atoms with Gasteiger partial charge in [-0.25, -0.2) is 0 Å². The molecule has 4 aromatic carbocycles. The molecule has 2 amide bonds. The monoisotopic (exact) mass is 592 g/mol. The predicted octanol–water partition coefficient (Wildman–Crippen LogP) is 6.03. The molecule has 0 aliphatic rings. The van der Waals surface area contributed by atoms with Crippen molar-refractivity contribution in [1.29, 1.82) is 0 Å². The van der Waals surface area contributed by atoms with E-state index < -0.39 is 11.8 Å². The number of amides is 2. The lowest BCUT2D eigenvalue weighted by Crippen LogP contribution is -2.30. The van der Waals surface area contributed by atoms with E-state index in [1.165, 1.54) is 27.4 Å². The van der Waals surface area contributed by atoms with Crippen molar-refractivity contribution >= 4 is 35.4 Å². The van der Waals surface area contributed by atoms with Gasteiger partial charge in [-0.2, -0.15) is 0 Å². The van der Waals surface area contributed by atoms with Gasteiger partial charge in [0, 0.05) is 16.8 Å². The van der Waals surface area contributed by atoms with E-state index in [9.17, 15) is 14.4 Å². The lowest BCUT2D eigenvalue weighted by Gasteiger charge is -2.12. The molecule has 0 aliphatic heterocycles. The van der Waals surface area contributed by atoms with E-state index in [1.807, 2.05) is 0 Å². The summed E-state index contributed by atoms with van der Waals surface area (Å²) in [6.45, 7) is 0. The third kappa shape index (κ3) is 7.92.